The summed E-state index contributed by atoms with van der Waals surface area (Å²) < 4.78 is 0. The summed E-state index contributed by atoms with van der Waals surface area (Å²) in [6.45, 7) is 4.63. The number of unbranched alkanes of at least 4 members (excludes halogenated alkanes) is 2. The van der Waals surface area contributed by atoms with Crippen LogP contribution in [0.15, 0.2) is 0 Å². The average molecular weight is 332 g/mol. The Kier molecular flexibility index (Phi) is 8.12. The molecule has 0 aromatic rings. The van der Waals surface area contributed by atoms with Crippen LogP contribution in [0.1, 0.15) is 123 Å². The molecule has 1 heteroatoms. The summed E-state index contributed by atoms with van der Waals surface area (Å²) in [7, 11) is 0. The van der Waals surface area contributed by atoms with Crippen molar-refractivity contribution < 1.29 is 0 Å². The number of rotatable bonds is 9. The summed E-state index contributed by atoms with van der Waals surface area (Å²) in [6, 6.07) is 2.87. The molecule has 138 valence electrons. The van der Waals surface area contributed by atoms with Gasteiger partial charge in [0.2, 0.25) is 0 Å². The smallest absolute Gasteiger partial charge is 0.0661 e. The fourth-order valence-electron chi connectivity index (χ4n) is 5.80. The lowest BCUT2D eigenvalue weighted by Crippen LogP contribution is -2.37. The van der Waals surface area contributed by atoms with E-state index < -0.39 is 0 Å². The van der Waals surface area contributed by atoms with Crippen LogP contribution in [0.25, 0.3) is 0 Å². The molecule has 0 N–H and O–H groups in total. The van der Waals surface area contributed by atoms with Gasteiger partial charge in [0, 0.05) is 0 Å². The molecule has 2 saturated carbocycles. The quantitative estimate of drug-likeness (QED) is 0.423. The van der Waals surface area contributed by atoms with E-state index >= 15 is 0 Å². The van der Waals surface area contributed by atoms with Gasteiger partial charge in [0.1, 0.15) is 0 Å². The van der Waals surface area contributed by atoms with Gasteiger partial charge in [0.05, 0.1) is 12.0 Å². The topological polar surface area (TPSA) is 23.8 Å². The third-order valence-electron chi connectivity index (χ3n) is 7.38. The number of hydrogen-bond acceptors (Lipinski definition) is 1. The van der Waals surface area contributed by atoms with Crippen LogP contribution in [-0.4, -0.2) is 0 Å². The maximum Gasteiger partial charge on any atom is 0.0661 e. The molecule has 0 radical (unpaired) electrons. The summed E-state index contributed by atoms with van der Waals surface area (Å²) in [5, 5.41) is 10.2. The Balaban J connectivity index is 2.14. The Bertz CT molecular complexity index is 379. The van der Waals surface area contributed by atoms with Gasteiger partial charge in [-0.15, -0.1) is 0 Å². The van der Waals surface area contributed by atoms with Crippen molar-refractivity contribution in [1.82, 2.24) is 0 Å². The molecule has 2 aliphatic carbocycles. The van der Waals surface area contributed by atoms with E-state index in [2.05, 4.69) is 19.9 Å². The van der Waals surface area contributed by atoms with Crippen LogP contribution in [0.5, 0.6) is 0 Å². The van der Waals surface area contributed by atoms with E-state index in [0.717, 1.165) is 0 Å². The molecule has 1 atom stereocenters. The molecule has 0 spiro atoms. The molecule has 2 rings (SSSR count). The summed E-state index contributed by atoms with van der Waals surface area (Å²) in [5.74, 6) is 0.319. The van der Waals surface area contributed by atoms with Gasteiger partial charge in [-0.1, -0.05) is 78.1 Å². The highest BCUT2D eigenvalue weighted by Crippen LogP contribution is 2.53. The predicted octanol–water partition coefficient (Wildman–Crippen LogP) is 7.80. The SMILES string of the molecule is CCCCC1(CC(C#N)C2(CCCC)CCCCC2)CCCCC1. The molecule has 2 aliphatic rings. The average Bonchev–Trinajstić information content (AvgIpc) is 2.64. The zero-order valence-electron chi connectivity index (χ0n) is 16.5. The fraction of sp³-hybridized carbons (Fsp3) is 0.957. The van der Waals surface area contributed by atoms with Crippen LogP contribution in [0.3, 0.4) is 0 Å². The molecular formula is C23H41N. The molecule has 0 aromatic carbocycles. The summed E-state index contributed by atoms with van der Waals surface area (Å²) in [4.78, 5) is 0. The molecule has 1 unspecified atom stereocenters. The van der Waals surface area contributed by atoms with E-state index in [0.29, 0.717) is 16.7 Å². The second kappa shape index (κ2) is 9.84. The number of nitrogens with zero attached hydrogens (tertiary/aromatic N) is 1. The maximum atomic E-state index is 10.2. The maximum absolute atomic E-state index is 10.2. The van der Waals surface area contributed by atoms with Crippen molar-refractivity contribution in [1.29, 1.82) is 5.26 Å². The van der Waals surface area contributed by atoms with Gasteiger partial charge >= 0.3 is 0 Å². The van der Waals surface area contributed by atoms with Gasteiger partial charge in [0.15, 0.2) is 0 Å². The monoisotopic (exact) mass is 331 g/mol. The Morgan fingerprint density at radius 2 is 1.33 bits per heavy atom. The molecule has 0 heterocycles. The number of nitriles is 1. The molecule has 0 aliphatic heterocycles. The second-order valence-electron chi connectivity index (χ2n) is 9.08. The van der Waals surface area contributed by atoms with E-state index in [4.69, 9.17) is 0 Å². The first-order valence-electron chi connectivity index (χ1n) is 11.1. The van der Waals surface area contributed by atoms with Crippen LogP contribution in [0, 0.1) is 28.1 Å². The van der Waals surface area contributed by atoms with Crippen molar-refractivity contribution in [3.8, 4) is 6.07 Å². The first-order valence-corrected chi connectivity index (χ1v) is 11.1. The molecule has 0 saturated heterocycles. The minimum atomic E-state index is 0.319. The van der Waals surface area contributed by atoms with Crippen molar-refractivity contribution in [2.24, 2.45) is 16.7 Å². The van der Waals surface area contributed by atoms with E-state index in [9.17, 15) is 5.26 Å². The molecule has 0 amide bonds. The first-order chi connectivity index (χ1) is 11.7. The number of hydrogen-bond donors (Lipinski definition) is 0. The molecule has 24 heavy (non-hydrogen) atoms. The van der Waals surface area contributed by atoms with Crippen LogP contribution < -0.4 is 0 Å². The first kappa shape index (κ1) is 19.8. The fourth-order valence-corrected chi connectivity index (χ4v) is 5.80. The molecule has 0 aromatic heterocycles. The third kappa shape index (κ3) is 5.00. The Morgan fingerprint density at radius 3 is 1.88 bits per heavy atom. The summed E-state index contributed by atoms with van der Waals surface area (Å²) in [6.07, 6.45) is 23.0. The second-order valence-corrected chi connectivity index (χ2v) is 9.08. The lowest BCUT2D eigenvalue weighted by Gasteiger charge is -2.46. The Morgan fingerprint density at radius 1 is 0.792 bits per heavy atom. The summed E-state index contributed by atoms with van der Waals surface area (Å²) in [5.41, 5.74) is 0.866. The van der Waals surface area contributed by atoms with Gasteiger partial charge in [0.25, 0.3) is 0 Å². The molecule has 2 fully saturated rings. The van der Waals surface area contributed by atoms with Crippen LogP contribution >= 0.6 is 0 Å². The Labute approximate surface area is 151 Å². The van der Waals surface area contributed by atoms with Gasteiger partial charge in [-0.3, -0.25) is 0 Å². The van der Waals surface area contributed by atoms with Crippen LogP contribution in [0.2, 0.25) is 0 Å². The lowest BCUT2D eigenvalue weighted by atomic mass is 9.57. The minimum Gasteiger partial charge on any atom is -0.198 e. The van der Waals surface area contributed by atoms with Gasteiger partial charge in [-0.2, -0.15) is 5.26 Å². The highest BCUT2D eigenvalue weighted by molar-refractivity contribution is 5.02. The zero-order chi connectivity index (χ0) is 17.3. The molecule has 1 nitrogen and oxygen atoms in total. The van der Waals surface area contributed by atoms with Crippen LogP contribution in [0.4, 0.5) is 0 Å². The summed E-state index contributed by atoms with van der Waals surface area (Å²) >= 11 is 0. The van der Waals surface area contributed by atoms with Crippen molar-refractivity contribution in [3.05, 3.63) is 0 Å². The largest absolute Gasteiger partial charge is 0.198 e. The lowest BCUT2D eigenvalue weighted by molar-refractivity contribution is 0.0490. The van der Waals surface area contributed by atoms with Crippen molar-refractivity contribution >= 4 is 0 Å². The van der Waals surface area contributed by atoms with E-state index in [1.165, 1.54) is 109 Å². The standard InChI is InChI=1S/C23H41N/c1-3-5-13-22(14-9-7-10-15-22)19-21(20-24)23(16-6-4-2)17-11-8-12-18-23/h21H,3-19H2,1-2H3. The van der Waals surface area contributed by atoms with Gasteiger partial charge < -0.3 is 0 Å². The van der Waals surface area contributed by atoms with Crippen LogP contribution in [-0.2, 0) is 0 Å². The van der Waals surface area contributed by atoms with E-state index in [-0.39, 0.29) is 0 Å². The Hall–Kier alpha value is -0.510. The van der Waals surface area contributed by atoms with E-state index in [1.807, 2.05) is 0 Å². The molecular weight excluding hydrogens is 290 g/mol. The third-order valence-corrected chi connectivity index (χ3v) is 7.38. The van der Waals surface area contributed by atoms with E-state index in [1.54, 1.807) is 0 Å². The van der Waals surface area contributed by atoms with Crippen molar-refractivity contribution in [2.45, 2.75) is 123 Å². The normalized spacial score (nSPS) is 24.2. The van der Waals surface area contributed by atoms with Gasteiger partial charge in [-0.05, 0) is 55.8 Å². The van der Waals surface area contributed by atoms with Crippen molar-refractivity contribution in [3.63, 3.8) is 0 Å². The highest BCUT2D eigenvalue weighted by Gasteiger charge is 2.44. The van der Waals surface area contributed by atoms with Gasteiger partial charge in [-0.25, -0.2) is 0 Å². The van der Waals surface area contributed by atoms with Crippen molar-refractivity contribution in [2.75, 3.05) is 0 Å². The predicted molar refractivity (Wildman–Crippen MR) is 104 cm³/mol. The minimum absolute atomic E-state index is 0.319. The highest BCUT2D eigenvalue weighted by atomic mass is 14.5. The zero-order valence-corrected chi connectivity index (χ0v) is 16.5. The molecule has 0 bridgehead atoms.